The lowest BCUT2D eigenvalue weighted by atomic mass is 10.2. The minimum atomic E-state index is -0.519. The zero-order chi connectivity index (χ0) is 13.0. The predicted octanol–water partition coefficient (Wildman–Crippen LogP) is 0.556. The second kappa shape index (κ2) is 5.13. The number of aromatic amines is 1. The van der Waals surface area contributed by atoms with Crippen molar-refractivity contribution in [2.75, 3.05) is 11.9 Å². The molecule has 3 N–H and O–H groups in total. The van der Waals surface area contributed by atoms with Gasteiger partial charge in [0.1, 0.15) is 5.75 Å². The zero-order valence-corrected chi connectivity index (χ0v) is 9.54. The van der Waals surface area contributed by atoms with Gasteiger partial charge in [-0.05, 0) is 13.0 Å². The van der Waals surface area contributed by atoms with Crippen molar-refractivity contribution in [1.29, 1.82) is 0 Å². The molecule has 0 aliphatic rings. The average molecular weight is 249 g/mol. The van der Waals surface area contributed by atoms with Gasteiger partial charge >= 0.3 is 6.01 Å². The summed E-state index contributed by atoms with van der Waals surface area (Å²) >= 11 is 0. The maximum atomic E-state index is 11.8. The maximum absolute atomic E-state index is 11.8. The van der Waals surface area contributed by atoms with Gasteiger partial charge in [-0.2, -0.15) is 4.98 Å². The molecule has 0 bridgehead atoms. The highest BCUT2D eigenvalue weighted by Gasteiger charge is 2.13. The molecule has 2 aromatic heterocycles. The van der Waals surface area contributed by atoms with Crippen molar-refractivity contribution < 1.29 is 14.6 Å². The van der Waals surface area contributed by atoms with E-state index >= 15 is 0 Å². The molecule has 94 valence electrons. The van der Waals surface area contributed by atoms with E-state index in [4.69, 9.17) is 4.74 Å². The SMILES string of the molecule is CCOc1n[nH]c(NC(=O)c2ccncc2O)n1. The molecule has 0 spiro atoms. The highest BCUT2D eigenvalue weighted by atomic mass is 16.5. The number of amides is 1. The average Bonchev–Trinajstić information content (AvgIpc) is 2.77. The van der Waals surface area contributed by atoms with E-state index in [2.05, 4.69) is 25.5 Å². The summed E-state index contributed by atoms with van der Waals surface area (Å²) in [4.78, 5) is 19.3. The van der Waals surface area contributed by atoms with Crippen LogP contribution < -0.4 is 10.1 Å². The zero-order valence-electron chi connectivity index (χ0n) is 9.54. The first-order valence-electron chi connectivity index (χ1n) is 5.20. The number of aromatic nitrogens is 4. The van der Waals surface area contributed by atoms with Crippen molar-refractivity contribution >= 4 is 11.9 Å². The molecule has 8 heteroatoms. The van der Waals surface area contributed by atoms with Crippen molar-refractivity contribution in [2.24, 2.45) is 0 Å². The van der Waals surface area contributed by atoms with Crippen LogP contribution >= 0.6 is 0 Å². The molecule has 2 heterocycles. The third kappa shape index (κ3) is 2.54. The molecule has 18 heavy (non-hydrogen) atoms. The van der Waals surface area contributed by atoms with Crippen LogP contribution in [0.1, 0.15) is 17.3 Å². The molecule has 0 saturated heterocycles. The number of carbonyl (C=O) groups is 1. The smallest absolute Gasteiger partial charge is 0.337 e. The Morgan fingerprint density at radius 2 is 2.44 bits per heavy atom. The van der Waals surface area contributed by atoms with E-state index in [0.29, 0.717) is 6.61 Å². The lowest BCUT2D eigenvalue weighted by Gasteiger charge is -2.02. The van der Waals surface area contributed by atoms with E-state index in [1.807, 2.05) is 0 Å². The van der Waals surface area contributed by atoms with E-state index in [1.54, 1.807) is 6.92 Å². The molecule has 2 rings (SSSR count). The van der Waals surface area contributed by atoms with Crippen LogP contribution in [0.2, 0.25) is 0 Å². The second-order valence-electron chi connectivity index (χ2n) is 3.25. The first-order valence-corrected chi connectivity index (χ1v) is 5.20. The molecule has 0 radical (unpaired) electrons. The summed E-state index contributed by atoms with van der Waals surface area (Å²) in [7, 11) is 0. The van der Waals surface area contributed by atoms with E-state index in [9.17, 15) is 9.90 Å². The van der Waals surface area contributed by atoms with Gasteiger partial charge in [-0.25, -0.2) is 5.10 Å². The lowest BCUT2D eigenvalue weighted by Crippen LogP contribution is -2.13. The summed E-state index contributed by atoms with van der Waals surface area (Å²) in [5.74, 6) is -0.590. The standard InChI is InChI=1S/C10H11N5O3/c1-2-18-10-13-9(14-15-10)12-8(17)6-3-4-11-5-7(6)16/h3-5,16H,2H2,1H3,(H2,12,13,14,15,17). The number of nitrogens with one attached hydrogen (secondary N) is 2. The minimum absolute atomic E-state index is 0.0966. The molecule has 0 saturated carbocycles. The largest absolute Gasteiger partial charge is 0.505 e. The highest BCUT2D eigenvalue weighted by Crippen LogP contribution is 2.15. The number of anilines is 1. The summed E-state index contributed by atoms with van der Waals surface area (Å²) < 4.78 is 5.03. The number of hydrogen-bond donors (Lipinski definition) is 3. The topological polar surface area (TPSA) is 113 Å². The molecule has 0 aliphatic heterocycles. The van der Waals surface area contributed by atoms with Gasteiger partial charge < -0.3 is 9.84 Å². The molecule has 0 unspecified atom stereocenters. The van der Waals surface area contributed by atoms with Crippen molar-refractivity contribution in [1.82, 2.24) is 20.2 Å². The molecule has 8 nitrogen and oxygen atoms in total. The van der Waals surface area contributed by atoms with E-state index in [0.717, 1.165) is 0 Å². The Balaban J connectivity index is 2.09. The Labute approximate surface area is 102 Å². The fourth-order valence-electron chi connectivity index (χ4n) is 1.25. The number of nitrogens with zero attached hydrogens (tertiary/aromatic N) is 3. The lowest BCUT2D eigenvalue weighted by molar-refractivity contribution is 0.102. The van der Waals surface area contributed by atoms with Crippen molar-refractivity contribution in [3.8, 4) is 11.8 Å². The molecule has 0 atom stereocenters. The summed E-state index contributed by atoms with van der Waals surface area (Å²) in [6.45, 7) is 2.22. The van der Waals surface area contributed by atoms with E-state index in [-0.39, 0.29) is 23.3 Å². The van der Waals surface area contributed by atoms with Gasteiger partial charge in [-0.15, -0.1) is 5.10 Å². The molecule has 0 aliphatic carbocycles. The normalized spacial score (nSPS) is 10.1. The van der Waals surface area contributed by atoms with Gasteiger partial charge in [0.05, 0.1) is 18.4 Å². The van der Waals surface area contributed by atoms with Gasteiger partial charge in [0.2, 0.25) is 5.95 Å². The van der Waals surface area contributed by atoms with Crippen LogP contribution in [0.5, 0.6) is 11.8 Å². The maximum Gasteiger partial charge on any atom is 0.337 e. The Morgan fingerprint density at radius 1 is 1.61 bits per heavy atom. The first-order chi connectivity index (χ1) is 8.70. The number of carbonyl (C=O) groups excluding carboxylic acids is 1. The molecule has 0 fully saturated rings. The van der Waals surface area contributed by atoms with Crippen LogP contribution in [0.3, 0.4) is 0 Å². The Hall–Kier alpha value is -2.64. The molecule has 2 aromatic rings. The highest BCUT2D eigenvalue weighted by molar-refractivity contribution is 6.05. The van der Waals surface area contributed by atoms with Gasteiger partial charge in [-0.1, -0.05) is 0 Å². The van der Waals surface area contributed by atoms with Crippen LogP contribution in [0, 0.1) is 0 Å². The quantitative estimate of drug-likeness (QED) is 0.729. The van der Waals surface area contributed by atoms with Gasteiger partial charge in [0.15, 0.2) is 0 Å². The van der Waals surface area contributed by atoms with Gasteiger partial charge in [-0.3, -0.25) is 15.1 Å². The third-order valence-corrected chi connectivity index (χ3v) is 2.01. The molecule has 0 aromatic carbocycles. The van der Waals surface area contributed by atoms with Crippen LogP contribution in [-0.4, -0.2) is 37.8 Å². The summed E-state index contributed by atoms with van der Waals surface area (Å²) in [6.07, 6.45) is 2.58. The van der Waals surface area contributed by atoms with Gasteiger partial charge in [0.25, 0.3) is 5.91 Å². The van der Waals surface area contributed by atoms with E-state index < -0.39 is 5.91 Å². The van der Waals surface area contributed by atoms with Crippen molar-refractivity contribution in [2.45, 2.75) is 6.92 Å². The van der Waals surface area contributed by atoms with E-state index in [1.165, 1.54) is 18.5 Å². The fourth-order valence-corrected chi connectivity index (χ4v) is 1.25. The minimum Gasteiger partial charge on any atom is -0.505 e. The molecular formula is C10H11N5O3. The van der Waals surface area contributed by atoms with Crippen LogP contribution in [0.4, 0.5) is 5.95 Å². The number of H-pyrrole nitrogens is 1. The van der Waals surface area contributed by atoms with Crippen LogP contribution in [0.25, 0.3) is 0 Å². The number of rotatable bonds is 4. The summed E-state index contributed by atoms with van der Waals surface area (Å²) in [5, 5.41) is 18.1. The Morgan fingerprint density at radius 3 is 3.17 bits per heavy atom. The monoisotopic (exact) mass is 249 g/mol. The van der Waals surface area contributed by atoms with Gasteiger partial charge in [0, 0.05) is 6.20 Å². The third-order valence-electron chi connectivity index (χ3n) is 2.01. The van der Waals surface area contributed by atoms with Crippen molar-refractivity contribution in [3.05, 3.63) is 24.0 Å². The second-order valence-corrected chi connectivity index (χ2v) is 3.25. The summed E-state index contributed by atoms with van der Waals surface area (Å²) in [5.41, 5.74) is 0.0966. The van der Waals surface area contributed by atoms with Crippen LogP contribution in [-0.2, 0) is 0 Å². The number of pyridine rings is 1. The number of ether oxygens (including phenoxy) is 1. The van der Waals surface area contributed by atoms with Crippen molar-refractivity contribution in [3.63, 3.8) is 0 Å². The predicted molar refractivity (Wildman–Crippen MR) is 61.4 cm³/mol. The fraction of sp³-hybridized carbons (Fsp3) is 0.200. The number of hydrogen-bond acceptors (Lipinski definition) is 6. The molecular weight excluding hydrogens is 238 g/mol. The van der Waals surface area contributed by atoms with Crippen LogP contribution in [0.15, 0.2) is 18.5 Å². The number of aromatic hydroxyl groups is 1. The first kappa shape index (κ1) is 11.8. The Bertz CT molecular complexity index is 554. The Kier molecular flexibility index (Phi) is 3.37. The summed E-state index contributed by atoms with van der Waals surface area (Å²) in [6, 6.07) is 1.54. The molecule has 1 amide bonds.